The summed E-state index contributed by atoms with van der Waals surface area (Å²) in [5, 5.41) is 5.70. The Morgan fingerprint density at radius 3 is 2.07 bits per heavy atom. The number of rotatable bonds is 8. The van der Waals surface area contributed by atoms with Gasteiger partial charge in [0.1, 0.15) is 11.5 Å². The number of urea groups is 1. The van der Waals surface area contributed by atoms with Crippen molar-refractivity contribution in [3.63, 3.8) is 0 Å². The van der Waals surface area contributed by atoms with Gasteiger partial charge in [-0.1, -0.05) is 50.3 Å². The molecule has 5 heteroatoms. The van der Waals surface area contributed by atoms with Gasteiger partial charge < -0.3 is 20.1 Å². The molecule has 2 N–H and O–H groups in total. The van der Waals surface area contributed by atoms with Gasteiger partial charge >= 0.3 is 6.03 Å². The topological polar surface area (TPSA) is 59.6 Å². The molecule has 0 saturated heterocycles. The standard InChI is InChI=1S/C22H28N2O3/c1-16(2)14-23-22(25)24-15-18-8-5-17(6-9-18)7-10-19-11-20(26-3)13-21(12-19)27-4/h5-13,16H,14-15H2,1-4H3,(H2,23,24,25)/b10-7+. The molecule has 0 atom stereocenters. The van der Waals surface area contributed by atoms with Crippen LogP contribution in [0.1, 0.15) is 30.5 Å². The highest BCUT2D eigenvalue weighted by Gasteiger charge is 2.02. The quantitative estimate of drug-likeness (QED) is 0.682. The predicted octanol–water partition coefficient (Wildman–Crippen LogP) is 4.33. The molecule has 2 aromatic carbocycles. The van der Waals surface area contributed by atoms with Crippen LogP contribution in [0.3, 0.4) is 0 Å². The van der Waals surface area contributed by atoms with Crippen molar-refractivity contribution in [2.24, 2.45) is 5.92 Å². The van der Waals surface area contributed by atoms with Gasteiger partial charge in [0, 0.05) is 19.2 Å². The Balaban J connectivity index is 1.93. The van der Waals surface area contributed by atoms with Gasteiger partial charge in [0.05, 0.1) is 14.2 Å². The fraction of sp³-hybridized carbons (Fsp3) is 0.318. The van der Waals surface area contributed by atoms with E-state index in [0.717, 1.165) is 28.2 Å². The third-order valence-electron chi connectivity index (χ3n) is 3.95. The van der Waals surface area contributed by atoms with Gasteiger partial charge in [-0.25, -0.2) is 4.79 Å². The molecular formula is C22H28N2O3. The molecule has 27 heavy (non-hydrogen) atoms. The van der Waals surface area contributed by atoms with Crippen LogP contribution >= 0.6 is 0 Å². The van der Waals surface area contributed by atoms with Crippen LogP contribution in [0.25, 0.3) is 12.2 Å². The lowest BCUT2D eigenvalue weighted by atomic mass is 10.1. The lowest BCUT2D eigenvalue weighted by molar-refractivity contribution is 0.239. The number of carbonyl (C=O) groups excluding carboxylic acids is 1. The fourth-order valence-electron chi connectivity index (χ4n) is 2.41. The van der Waals surface area contributed by atoms with E-state index in [1.807, 2.05) is 54.6 Å². The van der Waals surface area contributed by atoms with Crippen molar-refractivity contribution in [3.8, 4) is 11.5 Å². The van der Waals surface area contributed by atoms with E-state index >= 15 is 0 Å². The van der Waals surface area contributed by atoms with E-state index in [1.165, 1.54) is 0 Å². The number of hydrogen-bond donors (Lipinski definition) is 2. The Morgan fingerprint density at radius 2 is 1.52 bits per heavy atom. The zero-order valence-corrected chi connectivity index (χ0v) is 16.4. The molecule has 0 bridgehead atoms. The summed E-state index contributed by atoms with van der Waals surface area (Å²) >= 11 is 0. The number of ether oxygens (including phenoxy) is 2. The normalized spacial score (nSPS) is 10.9. The smallest absolute Gasteiger partial charge is 0.315 e. The molecule has 0 aliphatic carbocycles. The fourth-order valence-corrected chi connectivity index (χ4v) is 2.41. The van der Waals surface area contributed by atoms with Crippen LogP contribution in [0.5, 0.6) is 11.5 Å². The molecule has 2 amide bonds. The van der Waals surface area contributed by atoms with Gasteiger partial charge in [-0.3, -0.25) is 0 Å². The summed E-state index contributed by atoms with van der Waals surface area (Å²) in [6, 6.07) is 13.7. The molecule has 2 rings (SSSR count). The van der Waals surface area contributed by atoms with Crippen LogP contribution in [-0.4, -0.2) is 26.8 Å². The minimum absolute atomic E-state index is 0.139. The summed E-state index contributed by atoms with van der Waals surface area (Å²) < 4.78 is 10.6. The van der Waals surface area contributed by atoms with Gasteiger partial charge in [-0.05, 0) is 34.7 Å². The van der Waals surface area contributed by atoms with Crippen LogP contribution < -0.4 is 20.1 Å². The highest BCUT2D eigenvalue weighted by Crippen LogP contribution is 2.23. The minimum atomic E-state index is -0.139. The van der Waals surface area contributed by atoms with Crippen molar-refractivity contribution < 1.29 is 14.3 Å². The highest BCUT2D eigenvalue weighted by molar-refractivity contribution is 5.74. The molecule has 0 aliphatic rings. The number of amides is 2. The van der Waals surface area contributed by atoms with Gasteiger partial charge in [0.25, 0.3) is 0 Å². The first-order chi connectivity index (χ1) is 13.0. The Morgan fingerprint density at radius 1 is 0.926 bits per heavy atom. The molecule has 2 aromatic rings. The summed E-state index contributed by atoms with van der Waals surface area (Å²) in [6.07, 6.45) is 4.04. The number of carbonyl (C=O) groups is 1. The molecule has 0 heterocycles. The Bertz CT molecular complexity index is 745. The van der Waals surface area contributed by atoms with Crippen LogP contribution in [0.4, 0.5) is 4.79 Å². The SMILES string of the molecule is COc1cc(/C=C/c2ccc(CNC(=O)NCC(C)C)cc2)cc(OC)c1. The van der Waals surface area contributed by atoms with Crippen molar-refractivity contribution >= 4 is 18.2 Å². The first kappa shape index (κ1) is 20.4. The van der Waals surface area contributed by atoms with Crippen molar-refractivity contribution in [3.05, 3.63) is 59.2 Å². The molecule has 0 aromatic heterocycles. The Kier molecular flexibility index (Phi) is 7.74. The van der Waals surface area contributed by atoms with E-state index in [-0.39, 0.29) is 6.03 Å². The number of hydrogen-bond acceptors (Lipinski definition) is 3. The summed E-state index contributed by atoms with van der Waals surface area (Å²) in [4.78, 5) is 11.7. The van der Waals surface area contributed by atoms with Crippen molar-refractivity contribution in [2.45, 2.75) is 20.4 Å². The maximum Gasteiger partial charge on any atom is 0.315 e. The van der Waals surface area contributed by atoms with E-state index in [4.69, 9.17) is 9.47 Å². The lowest BCUT2D eigenvalue weighted by Gasteiger charge is -2.09. The van der Waals surface area contributed by atoms with Crippen molar-refractivity contribution in [2.75, 3.05) is 20.8 Å². The molecule has 0 fully saturated rings. The average molecular weight is 368 g/mol. The van der Waals surface area contributed by atoms with Gasteiger partial charge in [-0.15, -0.1) is 0 Å². The van der Waals surface area contributed by atoms with Crippen LogP contribution in [0, 0.1) is 5.92 Å². The number of methoxy groups -OCH3 is 2. The van der Waals surface area contributed by atoms with Crippen molar-refractivity contribution in [1.29, 1.82) is 0 Å². The second-order valence-corrected chi connectivity index (χ2v) is 6.68. The van der Waals surface area contributed by atoms with Crippen LogP contribution in [0.2, 0.25) is 0 Å². The second kappa shape index (κ2) is 10.3. The molecule has 0 spiro atoms. The van der Waals surface area contributed by atoms with E-state index in [2.05, 4.69) is 24.5 Å². The molecule has 5 nitrogen and oxygen atoms in total. The molecule has 144 valence electrons. The van der Waals surface area contributed by atoms with Gasteiger partial charge in [0.15, 0.2) is 0 Å². The van der Waals surface area contributed by atoms with Crippen molar-refractivity contribution in [1.82, 2.24) is 10.6 Å². The molecule has 0 aliphatic heterocycles. The second-order valence-electron chi connectivity index (χ2n) is 6.68. The summed E-state index contributed by atoms with van der Waals surface area (Å²) in [6.45, 7) is 5.30. The molecule has 0 radical (unpaired) electrons. The molecule has 0 unspecified atom stereocenters. The maximum absolute atomic E-state index is 11.7. The first-order valence-electron chi connectivity index (χ1n) is 9.02. The maximum atomic E-state index is 11.7. The molecular weight excluding hydrogens is 340 g/mol. The van der Waals surface area contributed by atoms with E-state index < -0.39 is 0 Å². The van der Waals surface area contributed by atoms with Gasteiger partial charge in [-0.2, -0.15) is 0 Å². The lowest BCUT2D eigenvalue weighted by Crippen LogP contribution is -2.36. The average Bonchev–Trinajstić information content (AvgIpc) is 2.69. The number of benzene rings is 2. The van der Waals surface area contributed by atoms with Crippen LogP contribution in [-0.2, 0) is 6.54 Å². The molecule has 0 saturated carbocycles. The Labute approximate surface area is 161 Å². The zero-order valence-electron chi connectivity index (χ0n) is 16.4. The summed E-state index contributed by atoms with van der Waals surface area (Å²) in [5.74, 6) is 1.95. The van der Waals surface area contributed by atoms with Crippen LogP contribution in [0.15, 0.2) is 42.5 Å². The summed E-state index contributed by atoms with van der Waals surface area (Å²) in [5.41, 5.74) is 3.12. The van der Waals surface area contributed by atoms with E-state index in [1.54, 1.807) is 14.2 Å². The third kappa shape index (κ3) is 7.05. The Hall–Kier alpha value is -2.95. The highest BCUT2D eigenvalue weighted by atomic mass is 16.5. The van der Waals surface area contributed by atoms with E-state index in [9.17, 15) is 4.79 Å². The first-order valence-corrected chi connectivity index (χ1v) is 9.02. The van der Waals surface area contributed by atoms with E-state index in [0.29, 0.717) is 19.0 Å². The minimum Gasteiger partial charge on any atom is -0.497 e. The monoisotopic (exact) mass is 368 g/mol. The zero-order chi connectivity index (χ0) is 19.6. The predicted molar refractivity (Wildman–Crippen MR) is 110 cm³/mol. The van der Waals surface area contributed by atoms with Gasteiger partial charge in [0.2, 0.25) is 0 Å². The largest absolute Gasteiger partial charge is 0.497 e. The summed E-state index contributed by atoms with van der Waals surface area (Å²) in [7, 11) is 3.27. The third-order valence-corrected chi connectivity index (χ3v) is 3.95. The number of nitrogens with one attached hydrogen (secondary N) is 2.